The molecule has 0 radical (unpaired) electrons. The van der Waals surface area contributed by atoms with Crippen LogP contribution in [-0.4, -0.2) is 6.08 Å². The van der Waals surface area contributed by atoms with E-state index in [0.29, 0.717) is 0 Å². The van der Waals surface area contributed by atoms with E-state index in [2.05, 4.69) is 37.9 Å². The van der Waals surface area contributed by atoms with Crippen LogP contribution < -0.4 is 0 Å². The highest BCUT2D eigenvalue weighted by Gasteiger charge is 2.36. The quantitative estimate of drug-likeness (QED) is 0.561. The average molecular weight is 229 g/mol. The van der Waals surface area contributed by atoms with Crippen molar-refractivity contribution in [2.75, 3.05) is 0 Å². The second-order valence-electron chi connectivity index (χ2n) is 5.19. The molecule has 1 fully saturated rings. The number of hydrogen-bond acceptors (Lipinski definition) is 2. The van der Waals surface area contributed by atoms with Gasteiger partial charge >= 0.3 is 0 Å². The first kappa shape index (κ1) is 12.1. The summed E-state index contributed by atoms with van der Waals surface area (Å²) in [7, 11) is 0. The molecule has 0 heterocycles. The van der Waals surface area contributed by atoms with E-state index in [9.17, 15) is 4.79 Å². The number of carbonyl (C=O) groups excluding carboxylic acids is 1. The molecule has 0 aromatic heterocycles. The molecule has 1 saturated carbocycles. The molecule has 0 unspecified atom stereocenters. The number of rotatable bonds is 2. The number of nitrogens with zero attached hydrogens (tertiary/aromatic N) is 1. The summed E-state index contributed by atoms with van der Waals surface area (Å²) >= 11 is 0. The van der Waals surface area contributed by atoms with Crippen LogP contribution in [0.3, 0.4) is 0 Å². The van der Waals surface area contributed by atoms with Crippen molar-refractivity contribution in [1.82, 2.24) is 0 Å². The summed E-state index contributed by atoms with van der Waals surface area (Å²) in [6.45, 7) is 6.35. The first-order valence-corrected chi connectivity index (χ1v) is 6.26. The smallest absolute Gasteiger partial charge is 0.211 e. The van der Waals surface area contributed by atoms with Crippen molar-refractivity contribution < 1.29 is 4.79 Å². The summed E-state index contributed by atoms with van der Waals surface area (Å²) in [5, 5.41) is 0. The zero-order valence-electron chi connectivity index (χ0n) is 10.8. The molecule has 1 aromatic carbocycles. The molecule has 0 amide bonds. The SMILES string of the molecule is Cc1cc(C)c(C2(N=C=O)CCCC2)cc1C. The summed E-state index contributed by atoms with van der Waals surface area (Å²) in [5.74, 6) is 0. The molecule has 0 N–H and O–H groups in total. The van der Waals surface area contributed by atoms with Crippen molar-refractivity contribution in [3.63, 3.8) is 0 Å². The second-order valence-corrected chi connectivity index (χ2v) is 5.19. The predicted octanol–water partition coefficient (Wildman–Crippen LogP) is 3.72. The molecule has 2 nitrogen and oxygen atoms in total. The fourth-order valence-electron chi connectivity index (χ4n) is 2.95. The molecule has 2 heteroatoms. The van der Waals surface area contributed by atoms with E-state index in [1.54, 1.807) is 6.08 Å². The Kier molecular flexibility index (Phi) is 3.17. The molecule has 0 spiro atoms. The van der Waals surface area contributed by atoms with Crippen LogP contribution >= 0.6 is 0 Å². The molecule has 1 aliphatic carbocycles. The van der Waals surface area contributed by atoms with Gasteiger partial charge in [-0.2, -0.15) is 4.99 Å². The summed E-state index contributed by atoms with van der Waals surface area (Å²) in [4.78, 5) is 14.9. The standard InChI is InChI=1S/C15H19NO/c1-11-8-13(3)14(9-12(11)2)15(16-10-17)6-4-5-7-15/h8-9H,4-7H2,1-3H3. The van der Waals surface area contributed by atoms with Crippen molar-refractivity contribution in [2.45, 2.75) is 52.0 Å². The van der Waals surface area contributed by atoms with Gasteiger partial charge in [0, 0.05) is 0 Å². The highest BCUT2D eigenvalue weighted by molar-refractivity contribution is 5.44. The fourth-order valence-corrected chi connectivity index (χ4v) is 2.95. The third-order valence-electron chi connectivity index (χ3n) is 4.03. The van der Waals surface area contributed by atoms with Gasteiger partial charge in [0.15, 0.2) is 0 Å². The van der Waals surface area contributed by atoms with Crippen molar-refractivity contribution in [3.8, 4) is 0 Å². The maximum atomic E-state index is 10.7. The zero-order chi connectivity index (χ0) is 12.5. The van der Waals surface area contributed by atoms with Crippen molar-refractivity contribution in [1.29, 1.82) is 0 Å². The molecule has 1 aliphatic rings. The van der Waals surface area contributed by atoms with E-state index in [-0.39, 0.29) is 5.54 Å². The minimum Gasteiger partial charge on any atom is -0.211 e. The van der Waals surface area contributed by atoms with Crippen LogP contribution in [0.2, 0.25) is 0 Å². The second kappa shape index (κ2) is 4.46. The van der Waals surface area contributed by atoms with Gasteiger partial charge in [-0.05, 0) is 55.9 Å². The Balaban J connectivity index is 2.57. The minimum absolute atomic E-state index is 0.287. The first-order chi connectivity index (χ1) is 8.09. The molecule has 17 heavy (non-hydrogen) atoms. The molecule has 0 atom stereocenters. The van der Waals surface area contributed by atoms with Crippen molar-refractivity contribution >= 4 is 6.08 Å². The van der Waals surface area contributed by atoms with Crippen LogP contribution in [-0.2, 0) is 10.3 Å². The van der Waals surface area contributed by atoms with E-state index >= 15 is 0 Å². The van der Waals surface area contributed by atoms with Gasteiger partial charge in [0.2, 0.25) is 6.08 Å². The number of benzene rings is 1. The van der Waals surface area contributed by atoms with E-state index in [0.717, 1.165) is 25.7 Å². The van der Waals surface area contributed by atoms with Crippen LogP contribution in [0.25, 0.3) is 0 Å². The van der Waals surface area contributed by atoms with Crippen LogP contribution in [0.15, 0.2) is 17.1 Å². The van der Waals surface area contributed by atoms with Crippen LogP contribution in [0, 0.1) is 20.8 Å². The van der Waals surface area contributed by atoms with Gasteiger partial charge in [-0.25, -0.2) is 4.79 Å². The van der Waals surface area contributed by atoms with Gasteiger partial charge in [-0.3, -0.25) is 0 Å². The third-order valence-corrected chi connectivity index (χ3v) is 4.03. The van der Waals surface area contributed by atoms with Gasteiger partial charge in [0.05, 0.1) is 5.54 Å². The number of isocyanates is 1. The van der Waals surface area contributed by atoms with Gasteiger partial charge in [0.1, 0.15) is 0 Å². The Morgan fingerprint density at radius 1 is 1.06 bits per heavy atom. The highest BCUT2D eigenvalue weighted by Crippen LogP contribution is 2.43. The largest absolute Gasteiger partial charge is 0.235 e. The summed E-state index contributed by atoms with van der Waals surface area (Å²) < 4.78 is 0. The van der Waals surface area contributed by atoms with Gasteiger partial charge < -0.3 is 0 Å². The van der Waals surface area contributed by atoms with Crippen molar-refractivity contribution in [3.05, 3.63) is 34.4 Å². The predicted molar refractivity (Wildman–Crippen MR) is 68.9 cm³/mol. The first-order valence-electron chi connectivity index (χ1n) is 6.26. The Hall–Kier alpha value is -1.40. The van der Waals surface area contributed by atoms with Crippen molar-refractivity contribution in [2.24, 2.45) is 4.99 Å². The van der Waals surface area contributed by atoms with Crippen LogP contribution in [0.4, 0.5) is 0 Å². The Bertz CT molecular complexity index is 478. The highest BCUT2D eigenvalue weighted by atomic mass is 16.1. The Morgan fingerprint density at radius 3 is 2.24 bits per heavy atom. The lowest BCUT2D eigenvalue weighted by Crippen LogP contribution is -2.20. The third kappa shape index (κ3) is 2.05. The monoisotopic (exact) mass is 229 g/mol. The van der Waals surface area contributed by atoms with Crippen LogP contribution in [0.1, 0.15) is 47.9 Å². The van der Waals surface area contributed by atoms with E-state index in [1.165, 1.54) is 22.3 Å². The molecule has 90 valence electrons. The summed E-state index contributed by atoms with van der Waals surface area (Å²) in [6, 6.07) is 4.40. The number of aliphatic imine (C=N–C) groups is 1. The normalized spacial score (nSPS) is 17.8. The Morgan fingerprint density at radius 2 is 1.65 bits per heavy atom. The molecule has 0 aliphatic heterocycles. The lowest BCUT2D eigenvalue weighted by atomic mass is 9.84. The Labute approximate surface area is 103 Å². The molecule has 2 rings (SSSR count). The van der Waals surface area contributed by atoms with Gasteiger partial charge in [0.25, 0.3) is 0 Å². The zero-order valence-corrected chi connectivity index (χ0v) is 10.8. The lowest BCUT2D eigenvalue weighted by Gasteiger charge is -2.26. The molecule has 0 bridgehead atoms. The summed E-state index contributed by atoms with van der Waals surface area (Å²) in [5.41, 5.74) is 4.76. The lowest BCUT2D eigenvalue weighted by molar-refractivity contribution is 0.453. The minimum atomic E-state index is -0.287. The molecule has 0 saturated heterocycles. The molecular weight excluding hydrogens is 210 g/mol. The average Bonchev–Trinajstić information content (AvgIpc) is 2.73. The molecule has 1 aromatic rings. The van der Waals surface area contributed by atoms with Crippen LogP contribution in [0.5, 0.6) is 0 Å². The topological polar surface area (TPSA) is 29.4 Å². The van der Waals surface area contributed by atoms with E-state index in [1.807, 2.05) is 0 Å². The fraction of sp³-hybridized carbons (Fsp3) is 0.533. The van der Waals surface area contributed by atoms with Gasteiger partial charge in [-0.1, -0.05) is 25.0 Å². The summed E-state index contributed by atoms with van der Waals surface area (Å²) in [6.07, 6.45) is 6.04. The van der Waals surface area contributed by atoms with E-state index in [4.69, 9.17) is 0 Å². The maximum absolute atomic E-state index is 10.7. The maximum Gasteiger partial charge on any atom is 0.235 e. The number of hydrogen-bond donors (Lipinski definition) is 0. The van der Waals surface area contributed by atoms with Gasteiger partial charge in [-0.15, -0.1) is 0 Å². The number of aryl methyl sites for hydroxylation is 3. The van der Waals surface area contributed by atoms with E-state index < -0.39 is 0 Å². The molecular formula is C15H19NO.